The standard InChI is InChI=1S/C15H14N6O2S2/c16-9-11-3-1-2-4-12(11)25(22,23)17-8-7-13-20-21-14(10-5-6-10)18-19-15(21)24-13/h1-4,10,17H,5-8H2. The average molecular weight is 374 g/mol. The molecule has 0 bridgehead atoms. The van der Waals surface area contributed by atoms with Crippen LogP contribution in [0.25, 0.3) is 4.96 Å². The Balaban J connectivity index is 1.46. The Bertz CT molecular complexity index is 1080. The van der Waals surface area contributed by atoms with Crippen LogP contribution in [0.4, 0.5) is 0 Å². The summed E-state index contributed by atoms with van der Waals surface area (Å²) in [5.41, 5.74) is 0.128. The van der Waals surface area contributed by atoms with Crippen LogP contribution in [0.5, 0.6) is 0 Å². The maximum absolute atomic E-state index is 12.4. The van der Waals surface area contributed by atoms with Gasteiger partial charge in [-0.3, -0.25) is 0 Å². The fraction of sp³-hybridized carbons (Fsp3) is 0.333. The van der Waals surface area contributed by atoms with Crippen molar-refractivity contribution in [2.45, 2.75) is 30.1 Å². The summed E-state index contributed by atoms with van der Waals surface area (Å²) in [5, 5.41) is 22.6. The highest BCUT2D eigenvalue weighted by Crippen LogP contribution is 2.39. The normalized spacial score (nSPS) is 14.7. The van der Waals surface area contributed by atoms with Crippen molar-refractivity contribution < 1.29 is 8.42 Å². The van der Waals surface area contributed by atoms with Crippen LogP contribution in [0.15, 0.2) is 29.2 Å². The summed E-state index contributed by atoms with van der Waals surface area (Å²) < 4.78 is 29.0. The van der Waals surface area contributed by atoms with Crippen molar-refractivity contribution in [2.75, 3.05) is 6.54 Å². The smallest absolute Gasteiger partial charge is 0.211 e. The van der Waals surface area contributed by atoms with Gasteiger partial charge in [-0.25, -0.2) is 13.1 Å². The van der Waals surface area contributed by atoms with Crippen LogP contribution < -0.4 is 4.72 Å². The van der Waals surface area contributed by atoms with Crippen molar-refractivity contribution in [1.29, 1.82) is 5.26 Å². The molecule has 0 spiro atoms. The number of aromatic nitrogens is 4. The van der Waals surface area contributed by atoms with Gasteiger partial charge >= 0.3 is 0 Å². The predicted molar refractivity (Wildman–Crippen MR) is 90.7 cm³/mol. The molecule has 4 rings (SSSR count). The minimum Gasteiger partial charge on any atom is -0.211 e. The summed E-state index contributed by atoms with van der Waals surface area (Å²) in [7, 11) is -3.73. The van der Waals surface area contributed by atoms with Gasteiger partial charge in [-0.1, -0.05) is 23.5 Å². The molecule has 8 nitrogen and oxygen atoms in total. The van der Waals surface area contributed by atoms with Gasteiger partial charge in [-0.15, -0.1) is 10.2 Å². The summed E-state index contributed by atoms with van der Waals surface area (Å²) in [6, 6.07) is 8.03. The molecule has 0 saturated heterocycles. The van der Waals surface area contributed by atoms with Crippen molar-refractivity contribution in [3.8, 4) is 6.07 Å². The van der Waals surface area contributed by atoms with E-state index in [0.29, 0.717) is 12.3 Å². The number of rotatable bonds is 6. The molecule has 3 aromatic rings. The quantitative estimate of drug-likeness (QED) is 0.699. The maximum Gasteiger partial charge on any atom is 0.241 e. The lowest BCUT2D eigenvalue weighted by molar-refractivity contribution is 0.581. The molecule has 0 unspecified atom stereocenters. The number of fused-ring (bicyclic) bond motifs is 1. The van der Waals surface area contributed by atoms with Crippen molar-refractivity contribution in [3.63, 3.8) is 0 Å². The molecule has 1 aliphatic rings. The van der Waals surface area contributed by atoms with Crippen LogP contribution in [0.1, 0.15) is 35.2 Å². The molecule has 1 N–H and O–H groups in total. The minimum atomic E-state index is -3.73. The second-order valence-electron chi connectivity index (χ2n) is 5.78. The lowest BCUT2D eigenvalue weighted by Crippen LogP contribution is -2.26. The van der Waals surface area contributed by atoms with E-state index in [1.165, 1.54) is 23.5 Å². The molecule has 1 aliphatic carbocycles. The van der Waals surface area contributed by atoms with Crippen molar-refractivity contribution in [3.05, 3.63) is 40.7 Å². The molecular formula is C15H14N6O2S2. The lowest BCUT2D eigenvalue weighted by atomic mass is 10.2. The first-order valence-corrected chi connectivity index (χ1v) is 10.1. The fourth-order valence-corrected chi connectivity index (χ4v) is 4.56. The SMILES string of the molecule is N#Cc1ccccc1S(=O)(=O)NCCc1nn2c(C3CC3)nnc2s1. The third-order valence-corrected chi connectivity index (χ3v) is 6.41. The van der Waals surface area contributed by atoms with Gasteiger partial charge in [0.1, 0.15) is 11.1 Å². The summed E-state index contributed by atoms with van der Waals surface area (Å²) >= 11 is 1.41. The fourth-order valence-electron chi connectivity index (χ4n) is 2.53. The Hall–Kier alpha value is -2.35. The number of benzene rings is 1. The number of nitriles is 1. The van der Waals surface area contributed by atoms with E-state index in [1.807, 2.05) is 6.07 Å². The van der Waals surface area contributed by atoms with Gasteiger partial charge in [0, 0.05) is 18.9 Å². The molecular weight excluding hydrogens is 360 g/mol. The van der Waals surface area contributed by atoms with Crippen LogP contribution in [-0.4, -0.2) is 34.8 Å². The second-order valence-corrected chi connectivity index (χ2v) is 8.55. The molecule has 1 aromatic carbocycles. The van der Waals surface area contributed by atoms with E-state index in [9.17, 15) is 8.42 Å². The van der Waals surface area contributed by atoms with Gasteiger partial charge < -0.3 is 0 Å². The zero-order chi connectivity index (χ0) is 17.4. The molecule has 0 aliphatic heterocycles. The number of nitrogens with one attached hydrogen (secondary N) is 1. The third kappa shape index (κ3) is 3.13. The molecule has 0 amide bonds. The molecule has 0 atom stereocenters. The Morgan fingerprint density at radius 2 is 2.12 bits per heavy atom. The van der Waals surface area contributed by atoms with Gasteiger partial charge in [-0.2, -0.15) is 14.9 Å². The summed E-state index contributed by atoms with van der Waals surface area (Å²) in [6.07, 6.45) is 2.68. The summed E-state index contributed by atoms with van der Waals surface area (Å²) in [5.74, 6) is 1.34. The monoisotopic (exact) mass is 374 g/mol. The lowest BCUT2D eigenvalue weighted by Gasteiger charge is -2.07. The van der Waals surface area contributed by atoms with Gasteiger partial charge in [0.05, 0.1) is 10.5 Å². The molecule has 2 heterocycles. The first-order chi connectivity index (χ1) is 12.1. The summed E-state index contributed by atoms with van der Waals surface area (Å²) in [4.78, 5) is 0.723. The highest BCUT2D eigenvalue weighted by atomic mass is 32.2. The van der Waals surface area contributed by atoms with Crippen LogP contribution in [0, 0.1) is 11.3 Å². The van der Waals surface area contributed by atoms with E-state index < -0.39 is 10.0 Å². The molecule has 0 radical (unpaired) electrons. The number of sulfonamides is 1. The second kappa shape index (κ2) is 6.18. The minimum absolute atomic E-state index is 0.00772. The topological polar surface area (TPSA) is 113 Å². The van der Waals surface area contributed by atoms with E-state index in [4.69, 9.17) is 5.26 Å². The Kier molecular flexibility index (Phi) is 3.99. The molecule has 1 fully saturated rings. The molecule has 25 heavy (non-hydrogen) atoms. The van der Waals surface area contributed by atoms with Crippen LogP contribution in [0.2, 0.25) is 0 Å². The van der Waals surface area contributed by atoms with Crippen LogP contribution in [0.3, 0.4) is 0 Å². The molecule has 1 saturated carbocycles. The van der Waals surface area contributed by atoms with E-state index in [2.05, 4.69) is 20.0 Å². The van der Waals surface area contributed by atoms with Gasteiger partial charge in [-0.05, 0) is 25.0 Å². The zero-order valence-corrected chi connectivity index (χ0v) is 14.7. The molecule has 128 valence electrons. The van der Waals surface area contributed by atoms with Crippen LogP contribution in [-0.2, 0) is 16.4 Å². The van der Waals surface area contributed by atoms with Gasteiger partial charge in [0.15, 0.2) is 5.82 Å². The van der Waals surface area contributed by atoms with E-state index in [1.54, 1.807) is 16.6 Å². The Morgan fingerprint density at radius 3 is 2.88 bits per heavy atom. The first-order valence-electron chi connectivity index (χ1n) is 7.78. The first kappa shape index (κ1) is 16.1. The molecule has 10 heteroatoms. The maximum atomic E-state index is 12.4. The van der Waals surface area contributed by atoms with Crippen molar-refractivity contribution in [1.82, 2.24) is 24.5 Å². The number of nitrogens with zero attached hydrogens (tertiary/aromatic N) is 5. The van der Waals surface area contributed by atoms with Crippen LogP contribution >= 0.6 is 11.3 Å². The van der Waals surface area contributed by atoms with Gasteiger partial charge in [0.25, 0.3) is 0 Å². The Morgan fingerprint density at radius 1 is 1.32 bits per heavy atom. The van der Waals surface area contributed by atoms with E-state index >= 15 is 0 Å². The largest absolute Gasteiger partial charge is 0.241 e. The molecule has 2 aromatic heterocycles. The average Bonchev–Trinajstić information content (AvgIpc) is 3.25. The highest BCUT2D eigenvalue weighted by Gasteiger charge is 2.30. The highest BCUT2D eigenvalue weighted by molar-refractivity contribution is 7.89. The van der Waals surface area contributed by atoms with Crippen molar-refractivity contribution in [2.24, 2.45) is 0 Å². The Labute approximate surface area is 148 Å². The van der Waals surface area contributed by atoms with E-state index in [0.717, 1.165) is 28.6 Å². The van der Waals surface area contributed by atoms with Crippen molar-refractivity contribution >= 4 is 26.3 Å². The van der Waals surface area contributed by atoms with Gasteiger partial charge in [0.2, 0.25) is 15.0 Å². The number of hydrogen-bond donors (Lipinski definition) is 1. The predicted octanol–water partition coefficient (Wildman–Crippen LogP) is 1.46. The zero-order valence-electron chi connectivity index (χ0n) is 13.1. The summed E-state index contributed by atoms with van der Waals surface area (Å²) in [6.45, 7) is 0.199. The number of hydrogen-bond acceptors (Lipinski definition) is 7. The third-order valence-electron chi connectivity index (χ3n) is 3.93. The van der Waals surface area contributed by atoms with E-state index in [-0.39, 0.29) is 17.0 Å².